The fourth-order valence-electron chi connectivity index (χ4n) is 0.821. The van der Waals surface area contributed by atoms with Crippen molar-refractivity contribution in [1.82, 2.24) is 9.97 Å². The van der Waals surface area contributed by atoms with E-state index in [4.69, 9.17) is 0 Å². The Morgan fingerprint density at radius 1 is 0.850 bits per heavy atom. The van der Waals surface area contributed by atoms with Crippen LogP contribution < -0.4 is 80.0 Å². The number of hydrogen-bond acceptors (Lipinski definition) is 8. The third kappa shape index (κ3) is 6.93. The average molecular weight is 298 g/mol. The van der Waals surface area contributed by atoms with Gasteiger partial charge in [-0.1, -0.05) is 0 Å². The molecule has 1 heterocycles. The van der Waals surface area contributed by atoms with Gasteiger partial charge in [-0.3, -0.25) is 14.6 Å². The smallest absolute Gasteiger partial charge is 0.540 e. The molecule has 0 saturated heterocycles. The Morgan fingerprint density at radius 2 is 1.20 bits per heavy atom. The van der Waals surface area contributed by atoms with Gasteiger partial charge >= 0.3 is 59.1 Å². The molecule has 0 aliphatic heterocycles. The van der Waals surface area contributed by atoms with Crippen molar-refractivity contribution in [2.45, 2.75) is 0 Å². The number of carbonyl (C=O) groups is 4. The van der Waals surface area contributed by atoms with Gasteiger partial charge in [0.1, 0.15) is 11.9 Å². The summed E-state index contributed by atoms with van der Waals surface area (Å²) in [7, 11) is 0. The van der Waals surface area contributed by atoms with E-state index in [1.54, 1.807) is 10.6 Å². The van der Waals surface area contributed by atoms with E-state index in [0.717, 1.165) is 12.4 Å². The molecule has 12 heteroatoms. The van der Waals surface area contributed by atoms with Gasteiger partial charge in [0.15, 0.2) is 11.6 Å². The summed E-state index contributed by atoms with van der Waals surface area (Å²) in [5.74, 6) is -7.51. The molecule has 0 saturated carbocycles. The topological polar surface area (TPSA) is 164 Å². The fraction of sp³-hybridized carbons (Fsp3) is 0. The van der Waals surface area contributed by atoms with Crippen LogP contribution in [-0.4, -0.2) is 33.7 Å². The van der Waals surface area contributed by atoms with E-state index in [1.807, 2.05) is 0 Å². The number of carbonyl (C=O) groups excluding carboxylic acids is 4. The van der Waals surface area contributed by atoms with Gasteiger partial charge in [-0.05, 0) is 0 Å². The van der Waals surface area contributed by atoms with Crippen LogP contribution in [0.15, 0.2) is 12.4 Å². The summed E-state index contributed by atoms with van der Waals surface area (Å²) in [5.41, 5.74) is 0. The molecule has 10 nitrogen and oxygen atoms in total. The fourth-order valence-corrected chi connectivity index (χ4v) is 0.821. The summed E-state index contributed by atoms with van der Waals surface area (Å²) in [6.45, 7) is 0. The molecule has 1 aromatic heterocycles. The minimum absolute atomic E-state index is 0. The zero-order valence-corrected chi connectivity index (χ0v) is 14.5. The van der Waals surface area contributed by atoms with Crippen LogP contribution in [0.3, 0.4) is 0 Å². The molecular formula is C8H4N4Na2O6. The zero-order valence-electron chi connectivity index (χ0n) is 10.5. The summed E-state index contributed by atoms with van der Waals surface area (Å²) < 4.78 is 0. The first-order chi connectivity index (χ1) is 8.40. The maximum Gasteiger partial charge on any atom is 1.00 e. The predicted octanol–water partition coefficient (Wildman–Crippen LogP) is -10.1. The number of rotatable bonds is 2. The number of carboxylic acids is 2. The third-order valence-electron chi connectivity index (χ3n) is 1.49. The normalized spacial score (nSPS) is 8.40. The van der Waals surface area contributed by atoms with Gasteiger partial charge in [0, 0.05) is 0 Å². The minimum atomic E-state index is -1.99. The monoisotopic (exact) mass is 298 g/mol. The second kappa shape index (κ2) is 9.80. The van der Waals surface area contributed by atoms with Gasteiger partial charge in [-0.2, -0.15) is 0 Å². The standard InChI is InChI=1S/C8H6N4O6.2Na/c13-5(7(15)16)11-3-1-9-2-4(10-3)12-6(14)8(17)18;;/h1-2H,(H,15,16)(H,17,18)(H2,10,11,12,13,14);;/q;2*+1/p-2. The zero-order chi connectivity index (χ0) is 13.7. The van der Waals surface area contributed by atoms with Gasteiger partial charge < -0.3 is 30.4 Å². The maximum absolute atomic E-state index is 10.7. The predicted molar refractivity (Wildman–Crippen MR) is 49.3 cm³/mol. The number of hydrogen-bond donors (Lipinski definition) is 2. The van der Waals surface area contributed by atoms with E-state index in [1.165, 1.54) is 0 Å². The number of nitrogens with zero attached hydrogens (tertiary/aromatic N) is 2. The third-order valence-corrected chi connectivity index (χ3v) is 1.49. The molecule has 0 spiro atoms. The number of aliphatic carboxylic acids is 2. The number of amides is 2. The molecule has 2 N–H and O–H groups in total. The van der Waals surface area contributed by atoms with Gasteiger partial charge in [0.2, 0.25) is 0 Å². The van der Waals surface area contributed by atoms with Gasteiger partial charge in [0.25, 0.3) is 11.8 Å². The molecule has 2 amide bonds. The van der Waals surface area contributed by atoms with E-state index < -0.39 is 23.8 Å². The molecule has 0 unspecified atom stereocenters. The van der Waals surface area contributed by atoms with E-state index in [9.17, 15) is 29.4 Å². The van der Waals surface area contributed by atoms with Crippen molar-refractivity contribution < 1.29 is 88.5 Å². The van der Waals surface area contributed by atoms with Gasteiger partial charge in [0.05, 0.1) is 12.4 Å². The summed E-state index contributed by atoms with van der Waals surface area (Å²) >= 11 is 0. The molecule has 1 aromatic rings. The first-order valence-electron chi connectivity index (χ1n) is 4.27. The second-order valence-electron chi connectivity index (χ2n) is 2.77. The van der Waals surface area contributed by atoms with Gasteiger partial charge in [-0.15, -0.1) is 0 Å². The van der Waals surface area contributed by atoms with Crippen LogP contribution in [0.4, 0.5) is 11.6 Å². The van der Waals surface area contributed by atoms with Crippen LogP contribution in [-0.2, 0) is 19.2 Å². The first kappa shape index (κ1) is 21.3. The van der Waals surface area contributed by atoms with Crippen LogP contribution in [0.1, 0.15) is 0 Å². The second-order valence-corrected chi connectivity index (χ2v) is 2.77. The van der Waals surface area contributed by atoms with Crippen molar-refractivity contribution >= 4 is 35.4 Å². The van der Waals surface area contributed by atoms with Crippen molar-refractivity contribution in [3.63, 3.8) is 0 Å². The van der Waals surface area contributed by atoms with Crippen LogP contribution in [0.25, 0.3) is 0 Å². The quantitative estimate of drug-likeness (QED) is 0.401. The summed E-state index contributed by atoms with van der Waals surface area (Å²) in [5, 5.41) is 23.8. The van der Waals surface area contributed by atoms with E-state index >= 15 is 0 Å². The molecule has 1 rings (SSSR count). The van der Waals surface area contributed by atoms with Gasteiger partial charge in [-0.25, -0.2) is 4.98 Å². The number of nitrogens with one attached hydrogen (secondary N) is 2. The molecule has 0 aromatic carbocycles. The Hall–Kier alpha value is -1.04. The van der Waals surface area contributed by atoms with Crippen molar-refractivity contribution in [1.29, 1.82) is 0 Å². The van der Waals surface area contributed by atoms with Crippen LogP contribution >= 0.6 is 0 Å². The van der Waals surface area contributed by atoms with Crippen molar-refractivity contribution in [2.75, 3.05) is 10.6 Å². The first-order valence-corrected chi connectivity index (χ1v) is 4.27. The largest absolute Gasteiger partial charge is 1.00 e. The molecular weight excluding hydrogens is 294 g/mol. The molecule has 0 bridgehead atoms. The minimum Gasteiger partial charge on any atom is -0.540 e. The Kier molecular flexibility index (Phi) is 10.4. The maximum atomic E-state index is 10.7. The van der Waals surface area contributed by atoms with Crippen molar-refractivity contribution in [3.8, 4) is 0 Å². The molecule has 94 valence electrons. The van der Waals surface area contributed by atoms with E-state index in [0.29, 0.717) is 0 Å². The van der Waals surface area contributed by atoms with Crippen molar-refractivity contribution in [2.24, 2.45) is 0 Å². The Bertz CT molecular complexity index is 494. The molecule has 0 radical (unpaired) electrons. The Balaban J connectivity index is 0. The van der Waals surface area contributed by atoms with Crippen LogP contribution in [0.2, 0.25) is 0 Å². The molecule has 0 atom stereocenters. The SMILES string of the molecule is O=C([O-])C(=O)Nc1cncc(NC(=O)C(=O)[O-])n1.[Na+].[Na+]. The summed E-state index contributed by atoms with van der Waals surface area (Å²) in [6, 6.07) is 0. The van der Waals surface area contributed by atoms with Crippen LogP contribution in [0, 0.1) is 0 Å². The molecule has 0 fully saturated rings. The average Bonchev–Trinajstić information content (AvgIpc) is 2.29. The number of aromatic nitrogens is 2. The number of anilines is 2. The summed E-state index contributed by atoms with van der Waals surface area (Å²) in [4.78, 5) is 48.7. The Labute approximate surface area is 155 Å². The molecule has 0 aliphatic carbocycles. The van der Waals surface area contributed by atoms with Crippen LogP contribution in [0.5, 0.6) is 0 Å². The number of carboxylic acid groups (broad SMARTS) is 2. The van der Waals surface area contributed by atoms with Crippen molar-refractivity contribution in [3.05, 3.63) is 12.4 Å². The van der Waals surface area contributed by atoms with E-state index in [2.05, 4.69) is 9.97 Å². The van der Waals surface area contributed by atoms with E-state index in [-0.39, 0.29) is 70.8 Å². The Morgan fingerprint density at radius 3 is 1.50 bits per heavy atom. The summed E-state index contributed by atoms with van der Waals surface area (Å²) in [6.07, 6.45) is 1.96. The molecule has 20 heavy (non-hydrogen) atoms. The molecule has 0 aliphatic rings.